The van der Waals surface area contributed by atoms with Gasteiger partial charge in [-0.1, -0.05) is 6.07 Å². The average molecular weight is 285 g/mol. The molecule has 0 saturated carbocycles. The van der Waals surface area contributed by atoms with Crippen LogP contribution in [0.1, 0.15) is 17.2 Å². The van der Waals surface area contributed by atoms with Crippen LogP contribution < -0.4 is 5.32 Å². The van der Waals surface area contributed by atoms with Crippen molar-refractivity contribution in [2.45, 2.75) is 17.5 Å². The first-order valence-electron chi connectivity index (χ1n) is 5.76. The van der Waals surface area contributed by atoms with E-state index in [1.165, 1.54) is 19.2 Å². The van der Waals surface area contributed by atoms with E-state index in [1.54, 1.807) is 6.07 Å². The van der Waals surface area contributed by atoms with Gasteiger partial charge in [0, 0.05) is 13.7 Å². The molecule has 0 spiro atoms. The normalized spacial score (nSPS) is 18.3. The zero-order valence-electron chi connectivity index (χ0n) is 10.4. The van der Waals surface area contributed by atoms with Crippen LogP contribution in [0.25, 0.3) is 0 Å². The molecule has 0 radical (unpaired) electrons. The van der Waals surface area contributed by atoms with Gasteiger partial charge in [-0.2, -0.15) is 0 Å². The van der Waals surface area contributed by atoms with Crippen molar-refractivity contribution in [3.8, 4) is 0 Å². The van der Waals surface area contributed by atoms with E-state index in [9.17, 15) is 13.2 Å². The molecular weight excluding hydrogens is 270 g/mol. The Morgan fingerprint density at radius 3 is 2.89 bits per heavy atom. The predicted octanol–water partition coefficient (Wildman–Crippen LogP) is 0.336. The lowest BCUT2D eigenvalue weighted by Crippen LogP contribution is -2.21. The van der Waals surface area contributed by atoms with E-state index in [1.807, 2.05) is 0 Å². The lowest BCUT2D eigenvalue weighted by Gasteiger charge is -2.08. The van der Waals surface area contributed by atoms with Crippen molar-refractivity contribution < 1.29 is 23.1 Å². The molecule has 1 aromatic rings. The summed E-state index contributed by atoms with van der Waals surface area (Å²) in [5, 5.41) is 11.8. The molecule has 2 N–H and O–H groups in total. The SMILES string of the molecule is COCCS(=O)(=O)c1ccc2c(c1)CNC2C(=O)O. The van der Waals surface area contributed by atoms with Crippen LogP contribution in [-0.2, 0) is 25.9 Å². The Morgan fingerprint density at radius 1 is 1.53 bits per heavy atom. The summed E-state index contributed by atoms with van der Waals surface area (Å²) in [5.41, 5.74) is 1.34. The third kappa shape index (κ3) is 2.78. The molecule has 19 heavy (non-hydrogen) atoms. The molecule has 1 unspecified atom stereocenters. The lowest BCUT2D eigenvalue weighted by molar-refractivity contribution is -0.139. The number of benzene rings is 1. The molecule has 6 nitrogen and oxygen atoms in total. The zero-order valence-corrected chi connectivity index (χ0v) is 11.2. The summed E-state index contributed by atoms with van der Waals surface area (Å²) in [6.45, 7) is 0.495. The van der Waals surface area contributed by atoms with Gasteiger partial charge in [0.05, 0.1) is 17.3 Å². The molecule has 1 aliphatic heterocycles. The third-order valence-corrected chi connectivity index (χ3v) is 4.76. The maximum absolute atomic E-state index is 12.0. The molecule has 1 heterocycles. The van der Waals surface area contributed by atoms with E-state index in [-0.39, 0.29) is 17.3 Å². The van der Waals surface area contributed by atoms with Gasteiger partial charge in [0.25, 0.3) is 0 Å². The number of carboxylic acid groups (broad SMARTS) is 1. The number of carboxylic acids is 1. The first-order chi connectivity index (χ1) is 8.95. The molecule has 1 aromatic carbocycles. The summed E-state index contributed by atoms with van der Waals surface area (Å²) in [6, 6.07) is 3.79. The number of aliphatic carboxylic acids is 1. The van der Waals surface area contributed by atoms with Crippen molar-refractivity contribution in [1.82, 2.24) is 5.32 Å². The van der Waals surface area contributed by atoms with E-state index >= 15 is 0 Å². The second-order valence-electron chi connectivity index (χ2n) is 4.32. The van der Waals surface area contributed by atoms with Crippen LogP contribution in [0.2, 0.25) is 0 Å². The van der Waals surface area contributed by atoms with Gasteiger partial charge in [-0.3, -0.25) is 10.1 Å². The molecule has 0 fully saturated rings. The molecule has 104 valence electrons. The lowest BCUT2D eigenvalue weighted by atomic mass is 10.1. The van der Waals surface area contributed by atoms with Gasteiger partial charge >= 0.3 is 5.97 Å². The Kier molecular flexibility index (Phi) is 3.88. The fourth-order valence-electron chi connectivity index (χ4n) is 2.06. The highest BCUT2D eigenvalue weighted by molar-refractivity contribution is 7.91. The van der Waals surface area contributed by atoms with Crippen LogP contribution in [-0.4, -0.2) is 39.0 Å². The monoisotopic (exact) mass is 285 g/mol. The second-order valence-corrected chi connectivity index (χ2v) is 6.43. The Hall–Kier alpha value is -1.44. The van der Waals surface area contributed by atoms with E-state index in [0.717, 1.165) is 0 Å². The van der Waals surface area contributed by atoms with Crippen LogP contribution in [0.4, 0.5) is 0 Å². The zero-order chi connectivity index (χ0) is 14.0. The molecule has 2 rings (SSSR count). The highest BCUT2D eigenvalue weighted by atomic mass is 32.2. The minimum atomic E-state index is -3.38. The molecule has 0 aliphatic carbocycles. The summed E-state index contributed by atoms with van der Waals surface area (Å²) in [6.07, 6.45) is 0. The van der Waals surface area contributed by atoms with Crippen LogP contribution in [0.3, 0.4) is 0 Å². The summed E-state index contributed by atoms with van der Waals surface area (Å²) < 4.78 is 28.8. The third-order valence-electron chi connectivity index (χ3n) is 3.08. The number of fused-ring (bicyclic) bond motifs is 1. The molecule has 7 heteroatoms. The standard InChI is InChI=1S/C12H15NO5S/c1-18-4-5-19(16,17)9-2-3-10-8(6-9)7-13-11(10)12(14)15/h2-3,6,11,13H,4-5,7H2,1H3,(H,14,15). The van der Waals surface area contributed by atoms with Gasteiger partial charge in [0.2, 0.25) is 0 Å². The largest absolute Gasteiger partial charge is 0.480 e. The van der Waals surface area contributed by atoms with Gasteiger partial charge < -0.3 is 9.84 Å². The number of nitrogens with one attached hydrogen (secondary N) is 1. The number of hydrogen-bond acceptors (Lipinski definition) is 5. The molecular formula is C12H15NO5S. The number of carbonyl (C=O) groups is 1. The van der Waals surface area contributed by atoms with Crippen molar-refractivity contribution in [1.29, 1.82) is 0 Å². The average Bonchev–Trinajstić information content (AvgIpc) is 2.79. The Balaban J connectivity index is 2.31. The van der Waals surface area contributed by atoms with Crippen molar-refractivity contribution in [2.24, 2.45) is 0 Å². The molecule has 1 atom stereocenters. The van der Waals surface area contributed by atoms with Crippen molar-refractivity contribution in [3.63, 3.8) is 0 Å². The Labute approximate surface area is 111 Å². The van der Waals surface area contributed by atoms with Crippen LogP contribution in [0, 0.1) is 0 Å². The number of hydrogen-bond donors (Lipinski definition) is 2. The molecule has 0 bridgehead atoms. The summed E-state index contributed by atoms with van der Waals surface area (Å²) in [5.74, 6) is -1.05. The summed E-state index contributed by atoms with van der Waals surface area (Å²) in [7, 11) is -1.94. The van der Waals surface area contributed by atoms with Crippen molar-refractivity contribution in [3.05, 3.63) is 29.3 Å². The van der Waals surface area contributed by atoms with Gasteiger partial charge in [-0.15, -0.1) is 0 Å². The summed E-state index contributed by atoms with van der Waals surface area (Å²) in [4.78, 5) is 11.2. The minimum Gasteiger partial charge on any atom is -0.480 e. The highest BCUT2D eigenvalue weighted by Crippen LogP contribution is 2.28. The summed E-state index contributed by atoms with van der Waals surface area (Å²) >= 11 is 0. The fourth-order valence-corrected chi connectivity index (χ4v) is 3.28. The molecule has 0 amide bonds. The first kappa shape index (κ1) is 14.0. The Bertz CT molecular complexity index is 596. The molecule has 0 aromatic heterocycles. The number of sulfone groups is 1. The number of methoxy groups -OCH3 is 1. The van der Waals surface area contributed by atoms with Crippen molar-refractivity contribution >= 4 is 15.8 Å². The smallest absolute Gasteiger partial charge is 0.325 e. The number of ether oxygens (including phenoxy) is 1. The van der Waals surface area contributed by atoms with Gasteiger partial charge in [-0.25, -0.2) is 8.42 Å². The quantitative estimate of drug-likeness (QED) is 0.810. The highest BCUT2D eigenvalue weighted by Gasteiger charge is 2.29. The van der Waals surface area contributed by atoms with Crippen molar-refractivity contribution in [2.75, 3.05) is 19.5 Å². The second kappa shape index (κ2) is 5.28. The van der Waals surface area contributed by atoms with E-state index < -0.39 is 21.8 Å². The van der Waals surface area contributed by atoms with Crippen LogP contribution >= 0.6 is 0 Å². The maximum atomic E-state index is 12.0. The van der Waals surface area contributed by atoms with Gasteiger partial charge in [-0.05, 0) is 23.3 Å². The van der Waals surface area contributed by atoms with Crippen LogP contribution in [0.5, 0.6) is 0 Å². The molecule has 0 saturated heterocycles. The fraction of sp³-hybridized carbons (Fsp3) is 0.417. The van der Waals surface area contributed by atoms with E-state index in [0.29, 0.717) is 17.7 Å². The van der Waals surface area contributed by atoms with Gasteiger partial charge in [0.15, 0.2) is 9.84 Å². The first-order valence-corrected chi connectivity index (χ1v) is 7.41. The molecule has 1 aliphatic rings. The van der Waals surface area contributed by atoms with Crippen LogP contribution in [0.15, 0.2) is 23.1 Å². The maximum Gasteiger partial charge on any atom is 0.325 e. The Morgan fingerprint density at radius 2 is 2.26 bits per heavy atom. The topological polar surface area (TPSA) is 92.7 Å². The van der Waals surface area contributed by atoms with Gasteiger partial charge in [0.1, 0.15) is 6.04 Å². The minimum absolute atomic E-state index is 0.0852. The number of rotatable bonds is 5. The van der Waals surface area contributed by atoms with E-state index in [2.05, 4.69) is 5.32 Å². The van der Waals surface area contributed by atoms with E-state index in [4.69, 9.17) is 9.84 Å². The predicted molar refractivity (Wildman–Crippen MR) is 67.6 cm³/mol.